The molecule has 1 saturated heterocycles. The van der Waals surface area contributed by atoms with Crippen LogP contribution in [0.1, 0.15) is 26.7 Å². The number of aliphatic carboxylic acids is 1. The summed E-state index contributed by atoms with van der Waals surface area (Å²) < 4.78 is 0. The van der Waals surface area contributed by atoms with Crippen LogP contribution in [0, 0.1) is 5.92 Å². The summed E-state index contributed by atoms with van der Waals surface area (Å²) in [6.45, 7) is 7.85. The average molecular weight is 271 g/mol. The van der Waals surface area contributed by atoms with Crippen molar-refractivity contribution in [2.75, 3.05) is 32.7 Å². The molecule has 0 bridgehead atoms. The maximum absolute atomic E-state index is 12.0. The molecule has 1 atom stereocenters. The number of carboxylic acids is 1. The Morgan fingerprint density at radius 2 is 2.05 bits per heavy atom. The van der Waals surface area contributed by atoms with Crippen LogP contribution in [0.2, 0.25) is 0 Å². The fourth-order valence-electron chi connectivity index (χ4n) is 2.16. The topological polar surface area (TPSA) is 81.7 Å². The van der Waals surface area contributed by atoms with E-state index in [0.717, 1.165) is 32.6 Å². The van der Waals surface area contributed by atoms with Gasteiger partial charge < -0.3 is 15.7 Å². The van der Waals surface area contributed by atoms with Crippen molar-refractivity contribution in [3.63, 3.8) is 0 Å². The molecule has 1 rings (SSSR count). The first-order valence-electron chi connectivity index (χ1n) is 6.93. The van der Waals surface area contributed by atoms with Crippen molar-refractivity contribution in [3.05, 3.63) is 0 Å². The predicted octanol–water partition coefficient (Wildman–Crippen LogP) is -0.103. The van der Waals surface area contributed by atoms with E-state index in [1.54, 1.807) is 0 Å². The zero-order chi connectivity index (χ0) is 14.3. The van der Waals surface area contributed by atoms with Crippen LogP contribution in [0.4, 0.5) is 0 Å². The first kappa shape index (κ1) is 15.9. The van der Waals surface area contributed by atoms with E-state index in [0.29, 0.717) is 6.54 Å². The number of carbonyl (C=O) groups excluding carboxylic acids is 1. The third-order valence-corrected chi connectivity index (χ3v) is 3.35. The number of rotatable bonds is 6. The smallest absolute Gasteiger partial charge is 0.305 e. The summed E-state index contributed by atoms with van der Waals surface area (Å²) in [5.41, 5.74) is 0. The normalized spacial score (nSPS) is 18.9. The summed E-state index contributed by atoms with van der Waals surface area (Å²) in [6, 6.07) is -0.296. The average Bonchev–Trinajstić information content (AvgIpc) is 2.56. The molecule has 1 heterocycles. The SMILES string of the molecule is CC(C)C(CC(=O)O)NC(=O)CN1CCCNCC1. The lowest BCUT2D eigenvalue weighted by atomic mass is 10.0. The molecular weight excluding hydrogens is 246 g/mol. The number of carboxylic acid groups (broad SMARTS) is 1. The van der Waals surface area contributed by atoms with Gasteiger partial charge >= 0.3 is 5.97 Å². The zero-order valence-electron chi connectivity index (χ0n) is 11.8. The number of hydrogen-bond donors (Lipinski definition) is 3. The maximum Gasteiger partial charge on any atom is 0.305 e. The number of hydrogen-bond acceptors (Lipinski definition) is 4. The highest BCUT2D eigenvalue weighted by molar-refractivity contribution is 5.79. The summed E-state index contributed by atoms with van der Waals surface area (Å²) in [7, 11) is 0. The molecular formula is C13H25N3O3. The minimum absolute atomic E-state index is 0.0229. The molecule has 1 fully saturated rings. The Morgan fingerprint density at radius 1 is 1.32 bits per heavy atom. The number of amides is 1. The largest absolute Gasteiger partial charge is 0.481 e. The first-order chi connectivity index (χ1) is 8.99. The fraction of sp³-hybridized carbons (Fsp3) is 0.846. The Morgan fingerprint density at radius 3 is 2.68 bits per heavy atom. The zero-order valence-corrected chi connectivity index (χ0v) is 11.8. The molecule has 6 heteroatoms. The van der Waals surface area contributed by atoms with Crippen LogP contribution in [-0.2, 0) is 9.59 Å². The minimum Gasteiger partial charge on any atom is -0.481 e. The molecule has 0 saturated carbocycles. The lowest BCUT2D eigenvalue weighted by Gasteiger charge is -2.24. The molecule has 0 spiro atoms. The molecule has 110 valence electrons. The van der Waals surface area contributed by atoms with Crippen LogP contribution in [0.25, 0.3) is 0 Å². The molecule has 0 radical (unpaired) electrons. The van der Waals surface area contributed by atoms with Gasteiger partial charge in [0, 0.05) is 19.1 Å². The van der Waals surface area contributed by atoms with E-state index in [4.69, 9.17) is 5.11 Å². The Kier molecular flexibility index (Phi) is 6.80. The van der Waals surface area contributed by atoms with Gasteiger partial charge in [0.15, 0.2) is 0 Å². The van der Waals surface area contributed by atoms with Crippen molar-refractivity contribution in [2.24, 2.45) is 5.92 Å². The molecule has 0 aromatic rings. The van der Waals surface area contributed by atoms with Gasteiger partial charge in [-0.1, -0.05) is 13.8 Å². The minimum atomic E-state index is -0.877. The van der Waals surface area contributed by atoms with Crippen LogP contribution in [0.5, 0.6) is 0 Å². The van der Waals surface area contributed by atoms with E-state index < -0.39 is 5.97 Å². The Labute approximate surface area is 114 Å². The van der Waals surface area contributed by atoms with Gasteiger partial charge in [0.25, 0.3) is 0 Å². The van der Waals surface area contributed by atoms with Crippen LogP contribution in [0.3, 0.4) is 0 Å². The lowest BCUT2D eigenvalue weighted by Crippen LogP contribution is -2.45. The van der Waals surface area contributed by atoms with Gasteiger partial charge in [-0.3, -0.25) is 14.5 Å². The molecule has 0 aromatic carbocycles. The molecule has 0 aliphatic carbocycles. The standard InChI is InChI=1S/C13H25N3O3/c1-10(2)11(8-13(18)19)15-12(17)9-16-6-3-4-14-5-7-16/h10-11,14H,3-9H2,1-2H3,(H,15,17)(H,18,19). The van der Waals surface area contributed by atoms with Crippen LogP contribution in [0.15, 0.2) is 0 Å². The van der Waals surface area contributed by atoms with Crippen molar-refractivity contribution in [3.8, 4) is 0 Å². The van der Waals surface area contributed by atoms with Gasteiger partial charge in [-0.2, -0.15) is 0 Å². The maximum atomic E-state index is 12.0. The Balaban J connectivity index is 2.40. The number of nitrogens with zero attached hydrogens (tertiary/aromatic N) is 1. The van der Waals surface area contributed by atoms with E-state index >= 15 is 0 Å². The second kappa shape index (κ2) is 8.12. The van der Waals surface area contributed by atoms with Crippen molar-refractivity contribution in [2.45, 2.75) is 32.7 Å². The molecule has 1 unspecified atom stereocenters. The summed E-state index contributed by atoms with van der Waals surface area (Å²) in [5.74, 6) is -0.842. The second-order valence-electron chi connectivity index (χ2n) is 5.40. The summed E-state index contributed by atoms with van der Waals surface area (Å²) in [5, 5.41) is 15.0. The van der Waals surface area contributed by atoms with Gasteiger partial charge in [0.05, 0.1) is 13.0 Å². The molecule has 1 aliphatic rings. The van der Waals surface area contributed by atoms with E-state index in [1.807, 2.05) is 13.8 Å². The van der Waals surface area contributed by atoms with E-state index in [9.17, 15) is 9.59 Å². The summed E-state index contributed by atoms with van der Waals surface area (Å²) >= 11 is 0. The monoisotopic (exact) mass is 271 g/mol. The van der Waals surface area contributed by atoms with Gasteiger partial charge in [0.2, 0.25) is 5.91 Å². The summed E-state index contributed by atoms with van der Waals surface area (Å²) in [6.07, 6.45) is 1.01. The fourth-order valence-corrected chi connectivity index (χ4v) is 2.16. The highest BCUT2D eigenvalue weighted by atomic mass is 16.4. The highest BCUT2D eigenvalue weighted by Gasteiger charge is 2.20. The van der Waals surface area contributed by atoms with Crippen LogP contribution in [-0.4, -0.2) is 60.6 Å². The van der Waals surface area contributed by atoms with Crippen molar-refractivity contribution < 1.29 is 14.7 Å². The second-order valence-corrected chi connectivity index (χ2v) is 5.40. The lowest BCUT2D eigenvalue weighted by molar-refractivity contribution is -0.138. The van der Waals surface area contributed by atoms with Gasteiger partial charge in [-0.25, -0.2) is 0 Å². The van der Waals surface area contributed by atoms with Crippen molar-refractivity contribution >= 4 is 11.9 Å². The highest BCUT2D eigenvalue weighted by Crippen LogP contribution is 2.06. The molecule has 1 aliphatic heterocycles. The number of carbonyl (C=O) groups is 2. The van der Waals surface area contributed by atoms with Crippen molar-refractivity contribution in [1.29, 1.82) is 0 Å². The number of nitrogens with one attached hydrogen (secondary N) is 2. The molecule has 19 heavy (non-hydrogen) atoms. The molecule has 0 aromatic heterocycles. The predicted molar refractivity (Wildman–Crippen MR) is 72.9 cm³/mol. The first-order valence-corrected chi connectivity index (χ1v) is 6.93. The molecule has 6 nitrogen and oxygen atoms in total. The van der Waals surface area contributed by atoms with Gasteiger partial charge in [0.1, 0.15) is 0 Å². The third-order valence-electron chi connectivity index (χ3n) is 3.35. The molecule has 3 N–H and O–H groups in total. The Hall–Kier alpha value is -1.14. The van der Waals surface area contributed by atoms with E-state index in [-0.39, 0.29) is 24.3 Å². The van der Waals surface area contributed by atoms with Gasteiger partial charge in [-0.05, 0) is 25.4 Å². The third kappa shape index (κ3) is 6.54. The Bertz CT molecular complexity index is 300. The van der Waals surface area contributed by atoms with Crippen LogP contribution >= 0.6 is 0 Å². The molecule has 1 amide bonds. The van der Waals surface area contributed by atoms with E-state index in [1.165, 1.54) is 0 Å². The summed E-state index contributed by atoms with van der Waals surface area (Å²) in [4.78, 5) is 24.8. The van der Waals surface area contributed by atoms with Crippen molar-refractivity contribution in [1.82, 2.24) is 15.5 Å². The van der Waals surface area contributed by atoms with Crippen LogP contribution < -0.4 is 10.6 Å². The van der Waals surface area contributed by atoms with Gasteiger partial charge in [-0.15, -0.1) is 0 Å². The van der Waals surface area contributed by atoms with E-state index in [2.05, 4.69) is 15.5 Å². The quantitative estimate of drug-likeness (QED) is 0.628.